The van der Waals surface area contributed by atoms with Gasteiger partial charge in [0.1, 0.15) is 26.2 Å². The maximum absolute atomic E-state index is 4.57. The second-order valence-electron chi connectivity index (χ2n) is 8.60. The van der Waals surface area contributed by atoms with Gasteiger partial charge in [-0.2, -0.15) is 0 Å². The van der Waals surface area contributed by atoms with E-state index in [-0.39, 0.29) is 6.04 Å². The molecule has 1 aromatic carbocycles. The lowest BCUT2D eigenvalue weighted by atomic mass is 10.0. The normalized spacial score (nSPS) is 24.4. The van der Waals surface area contributed by atoms with Crippen LogP contribution in [0.1, 0.15) is 56.1 Å². The predicted molar refractivity (Wildman–Crippen MR) is 110 cm³/mol. The Morgan fingerprint density at radius 1 is 1.07 bits per heavy atom. The SMILES string of the molecule is CC[NH+]1CC[NH+]([C@H](c2ccc(N(C)C)cc2)c2nnnn2C2CCCC2)CC1. The van der Waals surface area contributed by atoms with E-state index in [9.17, 15) is 0 Å². The molecule has 1 aliphatic carbocycles. The summed E-state index contributed by atoms with van der Waals surface area (Å²) in [6, 6.07) is 9.68. The molecular weight excluding hydrogens is 350 g/mol. The van der Waals surface area contributed by atoms with Crippen LogP contribution >= 0.6 is 0 Å². The standard InChI is InChI=1S/C21H33N7/c1-4-26-13-15-27(16-14-26)20(17-9-11-18(12-10-17)25(2)3)21-22-23-24-28(21)19-7-5-6-8-19/h9-12,19-20H,4-8,13-16H2,1-3H3/p+2/t20-/m1/s1. The highest BCUT2D eigenvalue weighted by atomic mass is 15.6. The van der Waals surface area contributed by atoms with Crippen molar-refractivity contribution in [2.45, 2.75) is 44.7 Å². The number of anilines is 1. The summed E-state index contributed by atoms with van der Waals surface area (Å²) in [5.74, 6) is 1.06. The molecule has 152 valence electrons. The van der Waals surface area contributed by atoms with Gasteiger partial charge >= 0.3 is 0 Å². The topological polar surface area (TPSA) is 55.7 Å². The van der Waals surface area contributed by atoms with E-state index in [0.29, 0.717) is 6.04 Å². The van der Waals surface area contributed by atoms with Gasteiger partial charge < -0.3 is 14.7 Å². The van der Waals surface area contributed by atoms with Crippen LogP contribution in [-0.2, 0) is 0 Å². The highest BCUT2D eigenvalue weighted by Gasteiger charge is 2.36. The zero-order valence-corrected chi connectivity index (χ0v) is 17.6. The quantitative estimate of drug-likeness (QED) is 0.720. The number of nitrogens with zero attached hydrogens (tertiary/aromatic N) is 5. The summed E-state index contributed by atoms with van der Waals surface area (Å²) in [6.07, 6.45) is 4.98. The van der Waals surface area contributed by atoms with Crippen LogP contribution in [0.25, 0.3) is 0 Å². The van der Waals surface area contributed by atoms with E-state index in [1.807, 2.05) is 0 Å². The minimum Gasteiger partial charge on any atom is -0.378 e. The molecule has 0 spiro atoms. The third kappa shape index (κ3) is 3.91. The van der Waals surface area contributed by atoms with Crippen molar-refractivity contribution >= 4 is 5.69 Å². The Labute approximate surface area is 168 Å². The third-order valence-electron chi connectivity index (χ3n) is 6.70. The maximum atomic E-state index is 4.57. The lowest BCUT2D eigenvalue weighted by Gasteiger charge is -2.34. The molecule has 2 aliphatic rings. The molecule has 2 heterocycles. The molecule has 0 radical (unpaired) electrons. The summed E-state index contributed by atoms with van der Waals surface area (Å²) in [4.78, 5) is 5.46. The number of tetrazole rings is 1. The van der Waals surface area contributed by atoms with Gasteiger partial charge in [0.15, 0.2) is 6.04 Å². The molecular formula is C21H35N7+2. The average molecular weight is 386 g/mol. The summed E-state index contributed by atoms with van der Waals surface area (Å²) in [6.45, 7) is 8.29. The summed E-state index contributed by atoms with van der Waals surface area (Å²) < 4.78 is 2.16. The average Bonchev–Trinajstić information content (AvgIpc) is 3.41. The molecule has 0 unspecified atom stereocenters. The Morgan fingerprint density at radius 3 is 2.36 bits per heavy atom. The number of nitrogens with one attached hydrogen (secondary N) is 2. The molecule has 2 N–H and O–H groups in total. The molecule has 0 amide bonds. The van der Waals surface area contributed by atoms with Gasteiger partial charge in [-0.1, -0.05) is 25.0 Å². The van der Waals surface area contributed by atoms with Crippen LogP contribution in [0.3, 0.4) is 0 Å². The van der Waals surface area contributed by atoms with Gasteiger partial charge in [-0.05, 0) is 42.3 Å². The smallest absolute Gasteiger partial charge is 0.214 e. The van der Waals surface area contributed by atoms with Crippen molar-refractivity contribution in [3.05, 3.63) is 35.7 Å². The highest BCUT2D eigenvalue weighted by molar-refractivity contribution is 5.46. The Balaban J connectivity index is 1.67. The van der Waals surface area contributed by atoms with Crippen LogP contribution in [0.2, 0.25) is 0 Å². The lowest BCUT2D eigenvalue weighted by Crippen LogP contribution is -3.28. The van der Waals surface area contributed by atoms with Crippen LogP contribution < -0.4 is 14.7 Å². The third-order valence-corrected chi connectivity index (χ3v) is 6.70. The fraction of sp³-hybridized carbons (Fsp3) is 0.667. The van der Waals surface area contributed by atoms with E-state index in [1.165, 1.54) is 69.7 Å². The second-order valence-corrected chi connectivity index (χ2v) is 8.60. The molecule has 28 heavy (non-hydrogen) atoms. The van der Waals surface area contributed by atoms with Crippen molar-refractivity contribution in [1.29, 1.82) is 0 Å². The van der Waals surface area contributed by atoms with Gasteiger partial charge in [-0.3, -0.25) is 0 Å². The molecule has 2 aromatic rings. The minimum atomic E-state index is 0.213. The Hall–Kier alpha value is -1.99. The monoisotopic (exact) mass is 385 g/mol. The Morgan fingerprint density at radius 2 is 1.75 bits per heavy atom. The van der Waals surface area contributed by atoms with Crippen molar-refractivity contribution in [1.82, 2.24) is 20.2 Å². The van der Waals surface area contributed by atoms with Gasteiger partial charge in [0.2, 0.25) is 5.82 Å². The zero-order valence-electron chi connectivity index (χ0n) is 17.6. The number of quaternary nitrogens is 2. The summed E-state index contributed by atoms with van der Waals surface area (Å²) in [5.41, 5.74) is 2.56. The highest BCUT2D eigenvalue weighted by Crippen LogP contribution is 2.31. The fourth-order valence-corrected chi connectivity index (χ4v) is 4.90. The number of aromatic nitrogens is 4. The fourth-order valence-electron chi connectivity index (χ4n) is 4.90. The van der Waals surface area contributed by atoms with Gasteiger partial charge in [0.05, 0.1) is 12.6 Å². The molecule has 1 aliphatic heterocycles. The van der Waals surface area contributed by atoms with E-state index in [4.69, 9.17) is 0 Å². The number of likely N-dealkylation sites (N-methyl/N-ethyl adjacent to an activating group) is 1. The molecule has 1 aromatic heterocycles. The molecule has 0 bridgehead atoms. The van der Waals surface area contributed by atoms with Crippen LogP contribution in [0.5, 0.6) is 0 Å². The van der Waals surface area contributed by atoms with E-state index < -0.39 is 0 Å². The first-order chi connectivity index (χ1) is 13.7. The minimum absolute atomic E-state index is 0.213. The lowest BCUT2D eigenvalue weighted by molar-refractivity contribution is -1.02. The molecule has 7 heteroatoms. The number of benzene rings is 1. The van der Waals surface area contributed by atoms with Crippen LogP contribution in [0, 0.1) is 0 Å². The summed E-state index contributed by atoms with van der Waals surface area (Å²) >= 11 is 0. The maximum Gasteiger partial charge on any atom is 0.214 e. The van der Waals surface area contributed by atoms with Crippen LogP contribution in [0.15, 0.2) is 24.3 Å². The first kappa shape index (κ1) is 19.3. The molecule has 7 nitrogen and oxygen atoms in total. The van der Waals surface area contributed by atoms with Crippen LogP contribution in [-0.4, -0.2) is 67.0 Å². The Kier molecular flexibility index (Phi) is 5.92. The van der Waals surface area contributed by atoms with Gasteiger partial charge in [-0.25, -0.2) is 4.68 Å². The molecule has 2 fully saturated rings. The van der Waals surface area contributed by atoms with E-state index in [2.05, 4.69) is 70.4 Å². The molecule has 1 saturated heterocycles. The van der Waals surface area contributed by atoms with E-state index in [0.717, 1.165) is 5.82 Å². The van der Waals surface area contributed by atoms with Crippen molar-refractivity contribution in [3.63, 3.8) is 0 Å². The molecule has 1 atom stereocenters. The summed E-state index contributed by atoms with van der Waals surface area (Å²) in [7, 11) is 4.18. The first-order valence-corrected chi connectivity index (χ1v) is 10.9. The zero-order chi connectivity index (χ0) is 19.5. The largest absolute Gasteiger partial charge is 0.378 e. The van der Waals surface area contributed by atoms with Crippen molar-refractivity contribution < 1.29 is 9.80 Å². The van der Waals surface area contributed by atoms with Crippen LogP contribution in [0.4, 0.5) is 5.69 Å². The van der Waals surface area contributed by atoms with Crippen molar-refractivity contribution in [2.24, 2.45) is 0 Å². The van der Waals surface area contributed by atoms with E-state index in [1.54, 1.807) is 9.80 Å². The van der Waals surface area contributed by atoms with Gasteiger partial charge in [0, 0.05) is 25.3 Å². The number of piperazine rings is 1. The Bertz CT molecular complexity index is 740. The molecule has 4 rings (SSSR count). The number of hydrogen-bond donors (Lipinski definition) is 2. The van der Waals surface area contributed by atoms with Gasteiger partial charge in [0.25, 0.3) is 0 Å². The van der Waals surface area contributed by atoms with Crippen molar-refractivity contribution in [3.8, 4) is 0 Å². The summed E-state index contributed by atoms with van der Waals surface area (Å²) in [5, 5.41) is 13.1. The molecule has 1 saturated carbocycles. The predicted octanol–water partition coefficient (Wildman–Crippen LogP) is -0.253. The number of rotatable bonds is 6. The van der Waals surface area contributed by atoms with Crippen molar-refractivity contribution in [2.75, 3.05) is 51.7 Å². The van der Waals surface area contributed by atoms with Gasteiger partial charge in [-0.15, -0.1) is 5.10 Å². The van der Waals surface area contributed by atoms with E-state index >= 15 is 0 Å². The number of hydrogen-bond acceptors (Lipinski definition) is 4. The first-order valence-electron chi connectivity index (χ1n) is 10.9. The second kappa shape index (κ2) is 8.57.